The lowest BCUT2D eigenvalue weighted by molar-refractivity contribution is -0.0552. The Morgan fingerprint density at radius 3 is 1.57 bits per heavy atom. The van der Waals surface area contributed by atoms with Crippen LogP contribution in [0.4, 0.5) is 0 Å². The quantitative estimate of drug-likeness (QED) is 0.635. The molecule has 4 aliphatic carbocycles. The molecule has 130 valence electrons. The minimum atomic E-state index is -1.20. The van der Waals surface area contributed by atoms with Crippen LogP contribution in [-0.4, -0.2) is 40.5 Å². The Labute approximate surface area is 147 Å². The van der Waals surface area contributed by atoms with Gasteiger partial charge in [-0.25, -0.2) is 12.0 Å². The smallest absolute Gasteiger partial charge is 0.00909 e. The van der Waals surface area contributed by atoms with Crippen molar-refractivity contribution in [3.63, 3.8) is 0 Å². The van der Waals surface area contributed by atoms with Crippen molar-refractivity contribution < 1.29 is 0 Å². The van der Waals surface area contributed by atoms with Gasteiger partial charge in [-0.2, -0.15) is 0 Å². The second kappa shape index (κ2) is 5.00. The van der Waals surface area contributed by atoms with Crippen molar-refractivity contribution in [3.8, 4) is 0 Å². The summed E-state index contributed by atoms with van der Waals surface area (Å²) in [4.78, 5) is 2.97. The normalized spacial score (nSPS) is 43.3. The predicted molar refractivity (Wildman–Crippen MR) is 107 cm³/mol. The zero-order valence-electron chi connectivity index (χ0n) is 16.4. The third-order valence-electron chi connectivity index (χ3n) is 8.42. The van der Waals surface area contributed by atoms with Gasteiger partial charge in [-0.3, -0.25) is 0 Å². The fraction of sp³-hybridized carbons (Fsp3) is 1.00. The van der Waals surface area contributed by atoms with Gasteiger partial charge in [-0.1, -0.05) is 45.7 Å². The molecule has 0 spiro atoms. The summed E-state index contributed by atoms with van der Waals surface area (Å²) in [6, 6.07) is 0. The van der Waals surface area contributed by atoms with Crippen LogP contribution in [0.2, 0.25) is 43.8 Å². The second-order valence-corrected chi connectivity index (χ2v) is 23.0. The fourth-order valence-electron chi connectivity index (χ4n) is 7.75. The van der Waals surface area contributed by atoms with Gasteiger partial charge >= 0.3 is 0 Å². The first-order chi connectivity index (χ1) is 10.5. The molecule has 0 amide bonds. The van der Waals surface area contributed by atoms with Gasteiger partial charge in [0.2, 0.25) is 0 Å². The minimum absolute atomic E-state index is 0.593. The van der Waals surface area contributed by atoms with Gasteiger partial charge in [-0.15, -0.1) is 0 Å². The monoisotopic (exact) mass is 346 g/mol. The summed E-state index contributed by atoms with van der Waals surface area (Å²) >= 11 is 0. The van der Waals surface area contributed by atoms with E-state index in [0.717, 1.165) is 17.8 Å². The Kier molecular flexibility index (Phi) is 3.68. The third kappa shape index (κ3) is 2.41. The van der Waals surface area contributed by atoms with E-state index in [2.05, 4.69) is 51.5 Å². The number of rotatable bonds is 3. The molecule has 4 saturated carbocycles. The second-order valence-electron chi connectivity index (χ2n) is 11.7. The van der Waals surface area contributed by atoms with Crippen LogP contribution in [0.15, 0.2) is 0 Å². The molecule has 2 radical (unpaired) electrons. The maximum atomic E-state index is 2.97. The van der Waals surface area contributed by atoms with E-state index in [1.165, 1.54) is 32.2 Å². The zero-order valence-corrected chi connectivity index (χ0v) is 18.4. The van der Waals surface area contributed by atoms with Crippen LogP contribution in [0.3, 0.4) is 0 Å². The van der Waals surface area contributed by atoms with Crippen LogP contribution in [0, 0.1) is 17.8 Å². The number of nitrogens with zero attached hydrogens (tertiary/aromatic N) is 1. The summed E-state index contributed by atoms with van der Waals surface area (Å²) in [5, 5.41) is 0. The van der Waals surface area contributed by atoms with E-state index in [-0.39, 0.29) is 0 Å². The highest BCUT2D eigenvalue weighted by molar-refractivity contribution is 7.07. The Morgan fingerprint density at radius 2 is 1.22 bits per heavy atom. The first-order valence-electron chi connectivity index (χ1n) is 10.2. The van der Waals surface area contributed by atoms with E-state index in [1.54, 1.807) is 19.3 Å². The molecule has 5 aliphatic rings. The highest BCUT2D eigenvalue weighted by Crippen LogP contribution is 2.61. The van der Waals surface area contributed by atoms with Crippen LogP contribution in [-0.2, 0) is 0 Å². The van der Waals surface area contributed by atoms with E-state index >= 15 is 0 Å². The van der Waals surface area contributed by atoms with Crippen LogP contribution in [0.5, 0.6) is 0 Å². The summed E-state index contributed by atoms with van der Waals surface area (Å²) in [6.45, 7) is 17.2. The van der Waals surface area contributed by atoms with Gasteiger partial charge in [0.15, 0.2) is 0 Å². The van der Waals surface area contributed by atoms with Crippen molar-refractivity contribution in [2.45, 2.75) is 94.3 Å². The molecule has 1 aliphatic heterocycles. The Balaban J connectivity index is 1.63. The summed E-state index contributed by atoms with van der Waals surface area (Å²) in [6.07, 6.45) is 10.8. The number of hydrogen-bond acceptors (Lipinski definition) is 1. The molecule has 23 heavy (non-hydrogen) atoms. The third-order valence-corrected chi connectivity index (χ3v) is 19.0. The lowest BCUT2D eigenvalue weighted by atomic mass is 9.51. The van der Waals surface area contributed by atoms with Crippen LogP contribution in [0.25, 0.3) is 0 Å². The largest absolute Gasteiger partial charge is 0.538 e. The summed E-state index contributed by atoms with van der Waals surface area (Å²) in [5.41, 5.74) is 0.593. The molecule has 0 unspecified atom stereocenters. The van der Waals surface area contributed by atoms with Crippen LogP contribution >= 0.6 is 0 Å². The van der Waals surface area contributed by atoms with E-state index < -0.39 is 16.1 Å². The summed E-state index contributed by atoms with van der Waals surface area (Å²) < 4.78 is 0.614. The molecule has 0 aromatic rings. The van der Waals surface area contributed by atoms with Crippen molar-refractivity contribution in [3.05, 3.63) is 0 Å². The van der Waals surface area contributed by atoms with Crippen molar-refractivity contribution >= 4 is 23.6 Å². The minimum Gasteiger partial charge on any atom is -0.538 e. The van der Waals surface area contributed by atoms with E-state index in [4.69, 9.17) is 0 Å². The van der Waals surface area contributed by atoms with Crippen molar-refractivity contribution in [2.75, 3.05) is 6.54 Å². The highest BCUT2D eigenvalue weighted by atomic mass is 28.4. The molecule has 1 nitrogen and oxygen atoms in total. The first kappa shape index (κ1) is 16.9. The average molecular weight is 346 g/mol. The van der Waals surface area contributed by atoms with Gasteiger partial charge in [0, 0.05) is 16.1 Å². The predicted octanol–water partition coefficient (Wildman–Crippen LogP) is 5.19. The molecule has 0 N–H and O–H groups in total. The highest BCUT2D eigenvalue weighted by Gasteiger charge is 2.54. The summed E-state index contributed by atoms with van der Waals surface area (Å²) in [7, 11) is 0.485. The van der Waals surface area contributed by atoms with E-state index in [0.29, 0.717) is 10.1 Å². The lowest BCUT2D eigenvalue weighted by Gasteiger charge is -2.67. The molecule has 0 aromatic carbocycles. The lowest BCUT2D eigenvalue weighted by Crippen LogP contribution is -2.63. The molecule has 0 atom stereocenters. The van der Waals surface area contributed by atoms with Crippen LogP contribution < -0.4 is 0 Å². The maximum absolute atomic E-state index is 2.97. The molecule has 1 saturated heterocycles. The van der Waals surface area contributed by atoms with Gasteiger partial charge in [-0.05, 0) is 68.4 Å². The van der Waals surface area contributed by atoms with Gasteiger partial charge in [0.1, 0.15) is 0 Å². The first-order valence-corrected chi connectivity index (χ1v) is 17.2. The Bertz CT molecular complexity index is 441. The average Bonchev–Trinajstić information content (AvgIpc) is 2.82. The zero-order chi connectivity index (χ0) is 16.7. The molecule has 1 heterocycles. The Morgan fingerprint density at radius 1 is 0.783 bits per heavy atom. The summed E-state index contributed by atoms with van der Waals surface area (Å²) in [5.74, 6) is 3.22. The topological polar surface area (TPSA) is 3.24 Å². The Hall–Kier alpha value is 0.459. The maximum Gasteiger partial charge on any atom is 0.00909 e. The van der Waals surface area contributed by atoms with Crippen molar-refractivity contribution in [1.82, 2.24) is 4.81 Å². The van der Waals surface area contributed by atoms with Crippen molar-refractivity contribution in [1.29, 1.82) is 0 Å². The molecule has 4 bridgehead atoms. The fourth-order valence-corrected chi connectivity index (χ4v) is 19.6. The van der Waals surface area contributed by atoms with Gasteiger partial charge in [0.25, 0.3) is 0 Å². The molecule has 0 aromatic heterocycles. The molecule has 5 rings (SSSR count). The molecular formula is C19H37BNSi2-. The van der Waals surface area contributed by atoms with Crippen molar-refractivity contribution in [2.24, 2.45) is 17.8 Å². The van der Waals surface area contributed by atoms with Gasteiger partial charge in [0.05, 0.1) is 0 Å². The van der Waals surface area contributed by atoms with Gasteiger partial charge < -0.3 is 4.81 Å². The SMILES string of the molecule is C[Si](C)(C)C1([Si](C)(C)C)[B-]N(C23CC4CC(CC(C4)C2)C3)CC1. The number of hydrogen-bond donors (Lipinski definition) is 0. The standard InChI is InChI=1S/C19H37BNSi2/c1-22(2,3)19(23(4,5)6)7-8-21(20-19)18-12-15-9-16(13-18)11-17(10-15)14-18/h15-17H,7-14H2,1-6H3/q-1. The molecular weight excluding hydrogens is 309 g/mol. The molecule has 5 fully saturated rings. The van der Waals surface area contributed by atoms with E-state index in [1.807, 2.05) is 0 Å². The van der Waals surface area contributed by atoms with Crippen LogP contribution in [0.1, 0.15) is 44.9 Å². The molecule has 4 heteroatoms. The van der Waals surface area contributed by atoms with E-state index in [9.17, 15) is 0 Å².